The SMILES string of the molecule is COc1cccc(Br)c1OCCCCCCCCCBr. The topological polar surface area (TPSA) is 18.5 Å². The molecule has 0 saturated heterocycles. The van der Waals surface area contributed by atoms with Gasteiger partial charge in [0.25, 0.3) is 0 Å². The molecule has 0 unspecified atom stereocenters. The summed E-state index contributed by atoms with van der Waals surface area (Å²) in [6.07, 6.45) is 8.97. The van der Waals surface area contributed by atoms with Crippen LogP contribution in [0.1, 0.15) is 44.9 Å². The summed E-state index contributed by atoms with van der Waals surface area (Å²) >= 11 is 6.96. The molecule has 2 nitrogen and oxygen atoms in total. The maximum Gasteiger partial charge on any atom is 0.175 e. The summed E-state index contributed by atoms with van der Waals surface area (Å²) in [5, 5.41) is 1.13. The molecule has 1 rings (SSSR count). The molecule has 0 aliphatic heterocycles. The highest BCUT2D eigenvalue weighted by atomic mass is 79.9. The van der Waals surface area contributed by atoms with Crippen LogP contribution in [-0.4, -0.2) is 19.0 Å². The van der Waals surface area contributed by atoms with Crippen LogP contribution in [0.4, 0.5) is 0 Å². The second-order valence-corrected chi connectivity index (χ2v) is 6.43. The fourth-order valence-electron chi connectivity index (χ4n) is 2.04. The van der Waals surface area contributed by atoms with Gasteiger partial charge in [-0.3, -0.25) is 0 Å². The van der Waals surface area contributed by atoms with E-state index in [0.29, 0.717) is 0 Å². The van der Waals surface area contributed by atoms with E-state index in [0.717, 1.165) is 34.3 Å². The Hall–Kier alpha value is -0.220. The molecule has 20 heavy (non-hydrogen) atoms. The van der Waals surface area contributed by atoms with Crippen LogP contribution < -0.4 is 9.47 Å². The largest absolute Gasteiger partial charge is 0.493 e. The summed E-state index contributed by atoms with van der Waals surface area (Å²) in [6.45, 7) is 0.750. The predicted molar refractivity (Wildman–Crippen MR) is 92.3 cm³/mol. The second-order valence-electron chi connectivity index (χ2n) is 4.78. The maximum absolute atomic E-state index is 5.83. The number of ether oxygens (including phenoxy) is 2. The number of halogens is 2. The van der Waals surface area contributed by atoms with E-state index in [-0.39, 0.29) is 0 Å². The Morgan fingerprint density at radius 1 is 0.950 bits per heavy atom. The molecule has 0 saturated carbocycles. The Labute approximate surface area is 139 Å². The molecule has 4 heteroatoms. The lowest BCUT2D eigenvalue weighted by atomic mass is 10.1. The van der Waals surface area contributed by atoms with Crippen LogP contribution in [-0.2, 0) is 0 Å². The van der Waals surface area contributed by atoms with E-state index in [9.17, 15) is 0 Å². The molecule has 1 aromatic rings. The Balaban J connectivity index is 2.12. The fraction of sp³-hybridized carbons (Fsp3) is 0.625. The van der Waals surface area contributed by atoms with E-state index in [4.69, 9.17) is 9.47 Å². The lowest BCUT2D eigenvalue weighted by molar-refractivity contribution is 0.283. The van der Waals surface area contributed by atoms with Crippen molar-refractivity contribution in [3.8, 4) is 11.5 Å². The normalized spacial score (nSPS) is 10.6. The average Bonchev–Trinajstić information content (AvgIpc) is 2.46. The van der Waals surface area contributed by atoms with Crippen molar-refractivity contribution in [3.05, 3.63) is 22.7 Å². The number of rotatable bonds is 11. The molecule has 0 radical (unpaired) electrons. The molecule has 0 amide bonds. The molecule has 0 heterocycles. The number of methoxy groups -OCH3 is 1. The minimum atomic E-state index is 0.750. The minimum absolute atomic E-state index is 0.750. The summed E-state index contributed by atoms with van der Waals surface area (Å²) in [5.74, 6) is 1.60. The quantitative estimate of drug-likeness (QED) is 0.332. The third-order valence-corrected chi connectivity index (χ3v) is 4.36. The smallest absolute Gasteiger partial charge is 0.175 e. The number of alkyl halides is 1. The van der Waals surface area contributed by atoms with Crippen molar-refractivity contribution < 1.29 is 9.47 Å². The van der Waals surface area contributed by atoms with E-state index < -0.39 is 0 Å². The van der Waals surface area contributed by atoms with Gasteiger partial charge in [0, 0.05) is 5.33 Å². The molecular formula is C16H24Br2O2. The van der Waals surface area contributed by atoms with Gasteiger partial charge in [0.2, 0.25) is 0 Å². The molecule has 1 aromatic carbocycles. The standard InChI is InChI=1S/C16H24Br2O2/c1-19-15-11-9-10-14(18)16(15)20-13-8-6-4-2-3-5-7-12-17/h9-11H,2-8,12-13H2,1H3. The highest BCUT2D eigenvalue weighted by Crippen LogP contribution is 2.34. The number of benzene rings is 1. The Bertz CT molecular complexity index is 369. The lowest BCUT2D eigenvalue weighted by Gasteiger charge is -2.12. The van der Waals surface area contributed by atoms with Crippen LogP contribution in [0.5, 0.6) is 11.5 Å². The van der Waals surface area contributed by atoms with Crippen LogP contribution in [0.25, 0.3) is 0 Å². The average molecular weight is 408 g/mol. The highest BCUT2D eigenvalue weighted by Gasteiger charge is 2.07. The first-order valence-corrected chi connectivity index (χ1v) is 9.22. The number of hydrogen-bond acceptors (Lipinski definition) is 2. The Morgan fingerprint density at radius 3 is 2.25 bits per heavy atom. The third-order valence-electron chi connectivity index (χ3n) is 3.18. The molecule has 0 spiro atoms. The van der Waals surface area contributed by atoms with Gasteiger partial charge in [-0.15, -0.1) is 0 Å². The highest BCUT2D eigenvalue weighted by molar-refractivity contribution is 9.10. The zero-order valence-corrected chi connectivity index (χ0v) is 15.3. The molecule has 0 atom stereocenters. The van der Waals surface area contributed by atoms with Crippen LogP contribution in [0.15, 0.2) is 22.7 Å². The fourth-order valence-corrected chi connectivity index (χ4v) is 2.90. The number of unbranched alkanes of at least 4 members (excludes halogenated alkanes) is 6. The lowest BCUT2D eigenvalue weighted by Crippen LogP contribution is -2.00. The van der Waals surface area contributed by atoms with Crippen molar-refractivity contribution in [3.63, 3.8) is 0 Å². The van der Waals surface area contributed by atoms with Gasteiger partial charge in [0.05, 0.1) is 18.2 Å². The molecule has 0 aliphatic carbocycles. The summed E-state index contributed by atoms with van der Waals surface area (Å²) in [5.41, 5.74) is 0. The van der Waals surface area contributed by atoms with E-state index in [2.05, 4.69) is 31.9 Å². The molecular weight excluding hydrogens is 384 g/mol. The van der Waals surface area contributed by atoms with E-state index >= 15 is 0 Å². The summed E-state index contributed by atoms with van der Waals surface area (Å²) in [4.78, 5) is 0. The van der Waals surface area contributed by atoms with Gasteiger partial charge in [-0.2, -0.15) is 0 Å². The van der Waals surface area contributed by atoms with Crippen molar-refractivity contribution in [1.29, 1.82) is 0 Å². The van der Waals surface area contributed by atoms with Crippen LogP contribution in [0, 0.1) is 0 Å². The van der Waals surface area contributed by atoms with Crippen molar-refractivity contribution in [2.75, 3.05) is 19.0 Å². The van der Waals surface area contributed by atoms with Gasteiger partial charge in [-0.25, -0.2) is 0 Å². The molecule has 0 aromatic heterocycles. The first-order valence-electron chi connectivity index (χ1n) is 7.31. The van der Waals surface area contributed by atoms with E-state index in [1.165, 1.54) is 38.5 Å². The second kappa shape index (κ2) is 11.4. The van der Waals surface area contributed by atoms with Gasteiger partial charge in [0.15, 0.2) is 11.5 Å². The van der Waals surface area contributed by atoms with Gasteiger partial charge >= 0.3 is 0 Å². The van der Waals surface area contributed by atoms with Crippen molar-refractivity contribution in [1.82, 2.24) is 0 Å². The summed E-state index contributed by atoms with van der Waals surface area (Å²) in [7, 11) is 1.67. The maximum atomic E-state index is 5.83. The number of para-hydroxylation sites is 1. The first-order chi connectivity index (χ1) is 9.79. The van der Waals surface area contributed by atoms with Gasteiger partial charge < -0.3 is 9.47 Å². The minimum Gasteiger partial charge on any atom is -0.493 e. The Morgan fingerprint density at radius 2 is 1.60 bits per heavy atom. The summed E-state index contributed by atoms with van der Waals surface area (Å²) < 4.78 is 12.1. The van der Waals surface area contributed by atoms with Crippen molar-refractivity contribution in [2.24, 2.45) is 0 Å². The van der Waals surface area contributed by atoms with Crippen LogP contribution in [0.3, 0.4) is 0 Å². The zero-order valence-electron chi connectivity index (χ0n) is 12.2. The molecule has 114 valence electrons. The monoisotopic (exact) mass is 406 g/mol. The van der Waals surface area contributed by atoms with Crippen molar-refractivity contribution in [2.45, 2.75) is 44.9 Å². The molecule has 0 fully saturated rings. The summed E-state index contributed by atoms with van der Waals surface area (Å²) in [6, 6.07) is 5.84. The van der Waals surface area contributed by atoms with Gasteiger partial charge in [0.1, 0.15) is 0 Å². The molecule has 0 N–H and O–H groups in total. The predicted octanol–water partition coefficient (Wildman–Crippen LogP) is 5.96. The van der Waals surface area contributed by atoms with E-state index in [1.54, 1.807) is 7.11 Å². The Kier molecular flexibility index (Phi) is 10.2. The molecule has 0 bridgehead atoms. The van der Waals surface area contributed by atoms with Crippen molar-refractivity contribution >= 4 is 31.9 Å². The number of hydrogen-bond donors (Lipinski definition) is 0. The van der Waals surface area contributed by atoms with E-state index in [1.807, 2.05) is 18.2 Å². The van der Waals surface area contributed by atoms with Crippen LogP contribution in [0.2, 0.25) is 0 Å². The van der Waals surface area contributed by atoms with Gasteiger partial charge in [-0.1, -0.05) is 54.1 Å². The zero-order chi connectivity index (χ0) is 14.6. The first kappa shape index (κ1) is 17.8. The van der Waals surface area contributed by atoms with Gasteiger partial charge in [-0.05, 0) is 40.9 Å². The molecule has 0 aliphatic rings. The van der Waals surface area contributed by atoms with Crippen LogP contribution >= 0.6 is 31.9 Å². The third kappa shape index (κ3) is 6.98.